The van der Waals surface area contributed by atoms with E-state index in [-0.39, 0.29) is 29.6 Å². The molecule has 0 aliphatic carbocycles. The van der Waals surface area contributed by atoms with Crippen molar-refractivity contribution >= 4 is 19.1 Å². The Labute approximate surface area is 223 Å². The van der Waals surface area contributed by atoms with Crippen molar-refractivity contribution in [1.82, 2.24) is 0 Å². The lowest BCUT2D eigenvalue weighted by Gasteiger charge is -2.23. The van der Waals surface area contributed by atoms with Crippen molar-refractivity contribution in [3.05, 3.63) is 108 Å². The van der Waals surface area contributed by atoms with Gasteiger partial charge in [-0.25, -0.2) is 9.38 Å². The number of ether oxygens (including phenoxy) is 2. The molecular weight excluding hydrogens is 515 g/mol. The molecule has 3 aromatic carbocycles. The van der Waals surface area contributed by atoms with E-state index in [1.165, 1.54) is 48.5 Å². The van der Waals surface area contributed by atoms with Gasteiger partial charge >= 0.3 is 13.7 Å². The zero-order valence-electron chi connectivity index (χ0n) is 20.6. The Balaban J connectivity index is 1.83. The fourth-order valence-corrected chi connectivity index (χ4v) is 3.46. The summed E-state index contributed by atoms with van der Waals surface area (Å²) < 4.78 is 66.1. The quantitative estimate of drug-likeness (QED) is 0.0719. The number of guanidine groups is 1. The highest BCUT2D eigenvalue weighted by atomic mass is 19.4. The van der Waals surface area contributed by atoms with Crippen LogP contribution in [0, 0.1) is 5.82 Å². The van der Waals surface area contributed by atoms with Crippen LogP contribution in [0.25, 0.3) is 16.8 Å². The number of alkyl halides is 3. The summed E-state index contributed by atoms with van der Waals surface area (Å²) >= 11 is 0. The number of aliphatic imine (C=N–C) groups is 1. The van der Waals surface area contributed by atoms with E-state index in [9.17, 15) is 17.6 Å². The van der Waals surface area contributed by atoms with Gasteiger partial charge in [0.2, 0.25) is 6.10 Å². The fraction of sp³-hybridized carbons (Fsp3) is 0.148. The van der Waals surface area contributed by atoms with Crippen molar-refractivity contribution in [2.75, 3.05) is 6.61 Å². The third-order valence-electron chi connectivity index (χ3n) is 5.27. The largest absolute Gasteiger partial charge is 0.493 e. The van der Waals surface area contributed by atoms with E-state index in [1.54, 1.807) is 30.3 Å². The van der Waals surface area contributed by atoms with E-state index in [2.05, 4.69) is 11.6 Å². The van der Waals surface area contributed by atoms with Gasteiger partial charge in [-0.15, -0.1) is 0 Å². The van der Waals surface area contributed by atoms with Gasteiger partial charge in [0.15, 0.2) is 5.96 Å². The van der Waals surface area contributed by atoms with E-state index >= 15 is 0 Å². The molecule has 0 bridgehead atoms. The summed E-state index contributed by atoms with van der Waals surface area (Å²) in [5, 5.41) is 8.87. The van der Waals surface area contributed by atoms with Crippen molar-refractivity contribution < 1.29 is 32.1 Å². The highest BCUT2D eigenvalue weighted by Gasteiger charge is 2.43. The van der Waals surface area contributed by atoms with Crippen molar-refractivity contribution in [1.29, 1.82) is 0 Å². The molecule has 0 aliphatic heterocycles. The zero-order chi connectivity index (χ0) is 28.6. The van der Waals surface area contributed by atoms with Gasteiger partial charge in [0.25, 0.3) is 0 Å². The van der Waals surface area contributed by atoms with Crippen LogP contribution in [-0.4, -0.2) is 37.2 Å². The number of rotatable bonds is 11. The maximum Gasteiger partial charge on any atom is 0.429 e. The monoisotopic (exact) mass is 541 g/mol. The molecule has 0 saturated heterocycles. The van der Waals surface area contributed by atoms with Crippen molar-refractivity contribution in [3.8, 4) is 16.9 Å². The molecule has 0 aromatic heterocycles. The molecule has 2 unspecified atom stereocenters. The first-order chi connectivity index (χ1) is 18.5. The number of allylic oxidation sites excluding steroid dienone is 1. The molecule has 7 N–H and O–H groups in total. The summed E-state index contributed by atoms with van der Waals surface area (Å²) in [5.74, 6) is -1.40. The van der Waals surface area contributed by atoms with E-state index in [4.69, 9.17) is 31.7 Å². The van der Waals surface area contributed by atoms with Crippen LogP contribution in [0.1, 0.15) is 17.2 Å². The molecule has 0 aliphatic rings. The van der Waals surface area contributed by atoms with Crippen LogP contribution >= 0.6 is 0 Å². The lowest BCUT2D eigenvalue weighted by Crippen LogP contribution is -2.33. The number of halogens is 4. The third kappa shape index (κ3) is 8.62. The van der Waals surface area contributed by atoms with E-state index in [0.717, 1.165) is 7.48 Å². The van der Waals surface area contributed by atoms with Crippen molar-refractivity contribution in [2.24, 2.45) is 22.2 Å². The lowest BCUT2D eigenvalue weighted by molar-refractivity contribution is -0.211. The fourth-order valence-electron chi connectivity index (χ4n) is 3.46. The molecule has 0 spiro atoms. The molecular formula is C27H26BF4N4O3. The maximum atomic E-state index is 14.0. The second-order valence-electron chi connectivity index (χ2n) is 8.35. The van der Waals surface area contributed by atoms with Crippen LogP contribution < -0.4 is 21.9 Å². The van der Waals surface area contributed by atoms with Crippen LogP contribution in [0.4, 0.5) is 17.6 Å². The Morgan fingerprint density at radius 1 is 1.03 bits per heavy atom. The lowest BCUT2D eigenvalue weighted by atomic mass is 9.90. The Hall–Kier alpha value is -4.29. The average molecular weight is 541 g/mol. The highest BCUT2D eigenvalue weighted by Crippen LogP contribution is 2.38. The van der Waals surface area contributed by atoms with Gasteiger partial charge in [0.1, 0.15) is 17.3 Å². The van der Waals surface area contributed by atoms with Gasteiger partial charge in [-0.2, -0.15) is 13.2 Å². The standard InChI is InChI=1S/C27H26BF4N4O3/c1-16(13-23(36-26(34)35)18-9-11-22(12-10-18)38-15-24(33)28-37)39-25(27(30,31)32)19-7-5-17(6-8-19)20-3-2-4-21(29)14-20/h2-14,24-25,37H,1,15,33H2,(H4,34,35,36)/b23-13-. The predicted octanol–water partition coefficient (Wildman–Crippen LogP) is 4.22. The predicted molar refractivity (Wildman–Crippen MR) is 143 cm³/mol. The number of benzene rings is 3. The summed E-state index contributed by atoms with van der Waals surface area (Å²) in [5.41, 5.74) is 18.0. The Morgan fingerprint density at radius 3 is 2.26 bits per heavy atom. The van der Waals surface area contributed by atoms with E-state index in [1.807, 2.05) is 0 Å². The number of nitrogens with two attached hydrogens (primary N) is 3. The molecule has 1 radical (unpaired) electrons. The van der Waals surface area contributed by atoms with Gasteiger partial charge in [-0.1, -0.05) is 43.0 Å². The molecule has 3 aromatic rings. The van der Waals surface area contributed by atoms with Crippen molar-refractivity contribution in [3.63, 3.8) is 0 Å². The third-order valence-corrected chi connectivity index (χ3v) is 5.27. The van der Waals surface area contributed by atoms with Gasteiger partial charge in [0, 0.05) is 23.1 Å². The van der Waals surface area contributed by atoms with Crippen molar-refractivity contribution in [2.45, 2.75) is 18.2 Å². The summed E-state index contributed by atoms with van der Waals surface area (Å²) in [4.78, 5) is 3.98. The molecule has 203 valence electrons. The molecule has 12 heteroatoms. The van der Waals surface area contributed by atoms with Crippen LogP contribution in [0.5, 0.6) is 5.75 Å². The second-order valence-corrected chi connectivity index (χ2v) is 8.35. The topological polar surface area (TPSA) is 129 Å². The summed E-state index contributed by atoms with van der Waals surface area (Å²) in [7, 11) is 0.798. The molecule has 39 heavy (non-hydrogen) atoms. The van der Waals surface area contributed by atoms with Crippen LogP contribution in [-0.2, 0) is 4.74 Å². The second kappa shape index (κ2) is 13.0. The van der Waals surface area contributed by atoms with Crippen LogP contribution in [0.3, 0.4) is 0 Å². The molecule has 0 amide bonds. The maximum absolute atomic E-state index is 14.0. The smallest absolute Gasteiger partial charge is 0.429 e. The summed E-state index contributed by atoms with van der Waals surface area (Å²) in [6.07, 6.45) is -5.95. The molecule has 3 rings (SSSR count). The van der Waals surface area contributed by atoms with E-state index < -0.39 is 24.0 Å². The average Bonchev–Trinajstić information content (AvgIpc) is 2.89. The molecule has 7 nitrogen and oxygen atoms in total. The molecule has 0 fully saturated rings. The first-order valence-electron chi connectivity index (χ1n) is 11.5. The normalized spacial score (nSPS) is 13.2. The van der Waals surface area contributed by atoms with Gasteiger partial charge < -0.3 is 31.7 Å². The highest BCUT2D eigenvalue weighted by molar-refractivity contribution is 6.27. The Morgan fingerprint density at radius 2 is 1.69 bits per heavy atom. The first-order valence-corrected chi connectivity index (χ1v) is 11.5. The van der Waals surface area contributed by atoms with Crippen LogP contribution in [0.15, 0.2) is 96.2 Å². The molecule has 2 atom stereocenters. The zero-order valence-corrected chi connectivity index (χ0v) is 20.6. The molecule has 0 heterocycles. The summed E-state index contributed by atoms with van der Waals surface area (Å²) in [6, 6.07) is 17.4. The van der Waals surface area contributed by atoms with Gasteiger partial charge in [0.05, 0.1) is 12.3 Å². The van der Waals surface area contributed by atoms with E-state index in [0.29, 0.717) is 22.4 Å². The minimum Gasteiger partial charge on any atom is -0.493 e. The summed E-state index contributed by atoms with van der Waals surface area (Å²) in [6.45, 7) is 3.63. The van der Waals surface area contributed by atoms with Gasteiger partial charge in [-0.05, 0) is 47.5 Å². The number of hydrogen-bond donors (Lipinski definition) is 4. The Bertz CT molecular complexity index is 1330. The SMILES string of the molecule is C=C(/C=C(\N=C(N)N)c1ccc(OCC(N)[B]O)cc1)OC(c1ccc(-c2cccc(F)c2)cc1)C(F)(F)F. The Kier molecular flexibility index (Phi) is 9.75. The first kappa shape index (κ1) is 29.3. The number of nitrogens with zero attached hydrogens (tertiary/aromatic N) is 1. The van der Waals surface area contributed by atoms with Gasteiger partial charge in [-0.3, -0.25) is 0 Å². The minimum absolute atomic E-state index is 0.0269. The minimum atomic E-state index is -4.78. The van der Waals surface area contributed by atoms with Crippen LogP contribution in [0.2, 0.25) is 0 Å². The molecule has 0 saturated carbocycles. The number of hydrogen-bond acceptors (Lipinski definition) is 5.